The van der Waals surface area contributed by atoms with E-state index in [0.29, 0.717) is 19.8 Å². The van der Waals surface area contributed by atoms with Crippen molar-refractivity contribution in [2.75, 3.05) is 26.4 Å². The molecule has 1 fully saturated rings. The SMILES string of the molecule is CC(NCC1(CO)CCOCC1)c1ccc(OC(F)(F)F)cc1. The molecule has 0 amide bonds. The number of benzene rings is 1. The standard InChI is InChI=1S/C16H22F3NO3/c1-12(20-10-15(11-21)6-8-22-9-7-15)13-2-4-14(5-3-13)23-16(17,18)19/h2-5,12,20-21H,6-11H2,1H3. The van der Waals surface area contributed by atoms with Crippen molar-refractivity contribution in [3.8, 4) is 5.75 Å². The molecule has 2 N–H and O–H groups in total. The summed E-state index contributed by atoms with van der Waals surface area (Å²) < 4.78 is 45.6. The van der Waals surface area contributed by atoms with E-state index in [1.807, 2.05) is 6.92 Å². The van der Waals surface area contributed by atoms with Crippen LogP contribution in [0.3, 0.4) is 0 Å². The smallest absolute Gasteiger partial charge is 0.406 e. The van der Waals surface area contributed by atoms with Gasteiger partial charge >= 0.3 is 6.36 Å². The van der Waals surface area contributed by atoms with Crippen LogP contribution in [0, 0.1) is 5.41 Å². The first kappa shape index (κ1) is 18.0. The van der Waals surface area contributed by atoms with Crippen LogP contribution in [-0.2, 0) is 4.74 Å². The predicted molar refractivity (Wildman–Crippen MR) is 79.1 cm³/mol. The van der Waals surface area contributed by atoms with E-state index in [-0.39, 0.29) is 23.8 Å². The quantitative estimate of drug-likeness (QED) is 0.840. The third kappa shape index (κ3) is 5.37. The van der Waals surface area contributed by atoms with Gasteiger partial charge in [0.2, 0.25) is 0 Å². The molecule has 1 aromatic carbocycles. The van der Waals surface area contributed by atoms with Crippen molar-refractivity contribution < 1.29 is 27.8 Å². The summed E-state index contributed by atoms with van der Waals surface area (Å²) in [6.07, 6.45) is -3.09. The number of aliphatic hydroxyl groups excluding tert-OH is 1. The van der Waals surface area contributed by atoms with Gasteiger partial charge in [0.1, 0.15) is 5.75 Å². The second-order valence-electron chi connectivity index (χ2n) is 5.99. The Hall–Kier alpha value is -1.31. The normalized spacial score (nSPS) is 19.3. The van der Waals surface area contributed by atoms with Gasteiger partial charge in [0, 0.05) is 31.2 Å². The molecule has 4 nitrogen and oxygen atoms in total. The molecule has 1 aliphatic heterocycles. The molecule has 0 saturated carbocycles. The lowest BCUT2D eigenvalue weighted by Crippen LogP contribution is -2.42. The van der Waals surface area contributed by atoms with E-state index in [1.54, 1.807) is 12.1 Å². The van der Waals surface area contributed by atoms with Crippen molar-refractivity contribution in [3.05, 3.63) is 29.8 Å². The summed E-state index contributed by atoms with van der Waals surface area (Å²) in [6.45, 7) is 3.94. The molecule has 0 aromatic heterocycles. The molecule has 130 valence electrons. The Morgan fingerprint density at radius 1 is 1.26 bits per heavy atom. The van der Waals surface area contributed by atoms with Crippen molar-refractivity contribution in [1.29, 1.82) is 0 Å². The fraction of sp³-hybridized carbons (Fsp3) is 0.625. The Kier molecular flexibility index (Phi) is 5.89. The van der Waals surface area contributed by atoms with Gasteiger partial charge in [-0.2, -0.15) is 0 Å². The minimum Gasteiger partial charge on any atom is -0.406 e. The fourth-order valence-electron chi connectivity index (χ4n) is 2.64. The first-order valence-corrected chi connectivity index (χ1v) is 7.61. The van der Waals surface area contributed by atoms with Crippen molar-refractivity contribution >= 4 is 0 Å². The van der Waals surface area contributed by atoms with Gasteiger partial charge in [-0.05, 0) is 37.5 Å². The zero-order valence-corrected chi connectivity index (χ0v) is 13.0. The Balaban J connectivity index is 1.91. The van der Waals surface area contributed by atoms with Gasteiger partial charge in [-0.1, -0.05) is 12.1 Å². The van der Waals surface area contributed by atoms with Gasteiger partial charge < -0.3 is 19.9 Å². The largest absolute Gasteiger partial charge is 0.573 e. The second-order valence-corrected chi connectivity index (χ2v) is 5.99. The van der Waals surface area contributed by atoms with Crippen LogP contribution in [0.4, 0.5) is 13.2 Å². The molecule has 0 spiro atoms. The second kappa shape index (κ2) is 7.51. The van der Waals surface area contributed by atoms with E-state index in [4.69, 9.17) is 4.74 Å². The summed E-state index contributed by atoms with van der Waals surface area (Å²) in [4.78, 5) is 0. The number of hydrogen-bond donors (Lipinski definition) is 2. The van der Waals surface area contributed by atoms with Gasteiger partial charge in [0.25, 0.3) is 0 Å². The number of halogens is 3. The van der Waals surface area contributed by atoms with Crippen molar-refractivity contribution in [3.63, 3.8) is 0 Å². The van der Waals surface area contributed by atoms with Crippen LogP contribution in [-0.4, -0.2) is 37.8 Å². The van der Waals surface area contributed by atoms with Gasteiger partial charge in [-0.15, -0.1) is 13.2 Å². The molecular weight excluding hydrogens is 311 g/mol. The lowest BCUT2D eigenvalue weighted by molar-refractivity contribution is -0.274. The maximum atomic E-state index is 12.1. The topological polar surface area (TPSA) is 50.7 Å². The van der Waals surface area contributed by atoms with Crippen LogP contribution in [0.5, 0.6) is 5.75 Å². The molecule has 1 heterocycles. The lowest BCUT2D eigenvalue weighted by Gasteiger charge is -2.36. The zero-order chi connectivity index (χ0) is 16.9. The molecule has 0 aliphatic carbocycles. The summed E-state index contributed by atoms with van der Waals surface area (Å²) in [5.74, 6) is -0.232. The van der Waals surface area contributed by atoms with Gasteiger partial charge in [-0.3, -0.25) is 0 Å². The molecule has 1 atom stereocenters. The summed E-state index contributed by atoms with van der Waals surface area (Å²) in [6, 6.07) is 5.78. The highest BCUT2D eigenvalue weighted by molar-refractivity contribution is 5.29. The maximum absolute atomic E-state index is 12.1. The van der Waals surface area contributed by atoms with E-state index >= 15 is 0 Å². The van der Waals surface area contributed by atoms with Gasteiger partial charge in [0.05, 0.1) is 6.61 Å². The third-order valence-electron chi connectivity index (χ3n) is 4.29. The summed E-state index contributed by atoms with van der Waals surface area (Å²) in [7, 11) is 0. The van der Waals surface area contributed by atoms with Gasteiger partial charge in [-0.25, -0.2) is 0 Å². The van der Waals surface area contributed by atoms with E-state index in [1.165, 1.54) is 12.1 Å². The number of hydrogen-bond acceptors (Lipinski definition) is 4. The van der Waals surface area contributed by atoms with Crippen LogP contribution in [0.2, 0.25) is 0 Å². The minimum absolute atomic E-state index is 0.0405. The Morgan fingerprint density at radius 3 is 2.39 bits per heavy atom. The first-order valence-electron chi connectivity index (χ1n) is 7.61. The van der Waals surface area contributed by atoms with Crippen molar-refractivity contribution in [1.82, 2.24) is 5.32 Å². The Labute approximate surface area is 133 Å². The molecule has 0 radical (unpaired) electrons. The van der Waals surface area contributed by atoms with Crippen LogP contribution in [0.15, 0.2) is 24.3 Å². The molecule has 1 aliphatic rings. The fourth-order valence-corrected chi connectivity index (χ4v) is 2.64. The monoisotopic (exact) mass is 333 g/mol. The summed E-state index contributed by atoms with van der Waals surface area (Å²) in [5, 5.41) is 13.0. The molecule has 2 rings (SSSR count). The third-order valence-corrected chi connectivity index (χ3v) is 4.29. The van der Waals surface area contributed by atoms with Crippen LogP contribution >= 0.6 is 0 Å². The average Bonchev–Trinajstić information content (AvgIpc) is 2.53. The Bertz CT molecular complexity index is 484. The molecular formula is C16H22F3NO3. The molecule has 1 saturated heterocycles. The predicted octanol–water partition coefficient (Wildman–Crippen LogP) is 3.02. The van der Waals surface area contributed by atoms with Crippen molar-refractivity contribution in [2.24, 2.45) is 5.41 Å². The van der Waals surface area contributed by atoms with Crippen LogP contribution in [0.25, 0.3) is 0 Å². The van der Waals surface area contributed by atoms with Crippen molar-refractivity contribution in [2.45, 2.75) is 32.2 Å². The summed E-state index contributed by atoms with van der Waals surface area (Å²) >= 11 is 0. The van der Waals surface area contributed by atoms with E-state index in [9.17, 15) is 18.3 Å². The number of rotatable bonds is 6. The molecule has 1 unspecified atom stereocenters. The number of ether oxygens (including phenoxy) is 2. The van der Waals surface area contributed by atoms with Crippen LogP contribution < -0.4 is 10.1 Å². The molecule has 0 bridgehead atoms. The number of alkyl halides is 3. The summed E-state index contributed by atoms with van der Waals surface area (Å²) in [5.41, 5.74) is 0.672. The first-order chi connectivity index (χ1) is 10.8. The highest BCUT2D eigenvalue weighted by Gasteiger charge is 2.32. The maximum Gasteiger partial charge on any atom is 0.573 e. The molecule has 7 heteroatoms. The van der Waals surface area contributed by atoms with E-state index in [0.717, 1.165) is 18.4 Å². The van der Waals surface area contributed by atoms with Gasteiger partial charge in [0.15, 0.2) is 0 Å². The zero-order valence-electron chi connectivity index (χ0n) is 13.0. The Morgan fingerprint density at radius 2 is 1.87 bits per heavy atom. The minimum atomic E-state index is -4.68. The van der Waals surface area contributed by atoms with Crippen LogP contribution in [0.1, 0.15) is 31.4 Å². The number of nitrogens with one attached hydrogen (secondary N) is 1. The average molecular weight is 333 g/mol. The lowest BCUT2D eigenvalue weighted by atomic mass is 9.80. The highest BCUT2D eigenvalue weighted by atomic mass is 19.4. The van der Waals surface area contributed by atoms with E-state index < -0.39 is 6.36 Å². The van der Waals surface area contributed by atoms with E-state index in [2.05, 4.69) is 10.1 Å². The highest BCUT2D eigenvalue weighted by Crippen LogP contribution is 2.30. The number of aliphatic hydroxyl groups is 1. The molecule has 23 heavy (non-hydrogen) atoms. The molecule has 1 aromatic rings.